The molecular formula is C21H12Br3ClF4N4O4. The lowest BCUT2D eigenvalue weighted by Gasteiger charge is -2.14. The summed E-state index contributed by atoms with van der Waals surface area (Å²) in [6.07, 6.45) is -5.08. The third kappa shape index (κ3) is 8.42. The van der Waals surface area contributed by atoms with Gasteiger partial charge in [0, 0.05) is 21.6 Å². The Labute approximate surface area is 236 Å². The number of halogens is 8. The van der Waals surface area contributed by atoms with E-state index in [-0.39, 0.29) is 39.9 Å². The Morgan fingerprint density at radius 1 is 1.24 bits per heavy atom. The molecule has 0 unspecified atom stereocenters. The second-order valence-corrected chi connectivity index (χ2v) is 9.71. The monoisotopic (exact) mass is 732 g/mol. The Hall–Kier alpha value is -2.67. The van der Waals surface area contributed by atoms with Crippen LogP contribution in [0.15, 0.2) is 37.8 Å². The van der Waals surface area contributed by atoms with Gasteiger partial charge in [0.15, 0.2) is 17.3 Å². The summed E-state index contributed by atoms with van der Waals surface area (Å²) in [7, 11) is 0. The molecule has 2 aromatic carbocycles. The molecule has 37 heavy (non-hydrogen) atoms. The number of hydrogen-bond acceptors (Lipinski definition) is 5. The van der Waals surface area contributed by atoms with Crippen molar-refractivity contribution in [3.05, 3.63) is 71.3 Å². The van der Waals surface area contributed by atoms with Crippen molar-refractivity contribution in [2.75, 3.05) is 0 Å². The van der Waals surface area contributed by atoms with Gasteiger partial charge in [-0.2, -0.15) is 18.4 Å². The van der Waals surface area contributed by atoms with Gasteiger partial charge in [-0.1, -0.05) is 11.6 Å². The highest BCUT2D eigenvalue weighted by molar-refractivity contribution is 9.13. The number of H-pyrrole nitrogens is 1. The first kappa shape index (κ1) is 30.6. The number of nitrogens with one attached hydrogen (secondary N) is 2. The standard InChI is InChI=1S/C19H11Br3ClFN4O2.C2HF3O2/c1-8-27-16(18(22)28-8)19(29)26-7-10-4-13(20)14(21)17(15(10)24)30-12-3-9(6-25)2-11(23)5-12;3-2(4,5)1(6)7/h2-5H,7H2,1H3,(H,26,29)(H,27,28);(H,6,7). The predicted octanol–water partition coefficient (Wildman–Crippen LogP) is 7.03. The number of aromatic amines is 1. The van der Waals surface area contributed by atoms with Crippen LogP contribution in [0.2, 0.25) is 5.02 Å². The van der Waals surface area contributed by atoms with Crippen LogP contribution in [0, 0.1) is 24.1 Å². The van der Waals surface area contributed by atoms with Crippen molar-refractivity contribution in [3.8, 4) is 17.6 Å². The van der Waals surface area contributed by atoms with Crippen molar-refractivity contribution in [1.29, 1.82) is 5.26 Å². The zero-order valence-electron chi connectivity index (χ0n) is 18.1. The molecule has 0 aliphatic heterocycles. The first-order valence-corrected chi connectivity index (χ1v) is 12.2. The third-order valence-electron chi connectivity index (χ3n) is 4.09. The van der Waals surface area contributed by atoms with E-state index in [0.29, 0.717) is 19.4 Å². The van der Waals surface area contributed by atoms with E-state index in [1.165, 1.54) is 24.3 Å². The number of nitriles is 1. The molecule has 0 fully saturated rings. The molecule has 3 N–H and O–H groups in total. The molecule has 3 aromatic rings. The van der Waals surface area contributed by atoms with Crippen molar-refractivity contribution in [1.82, 2.24) is 15.3 Å². The normalized spacial score (nSPS) is 10.7. The van der Waals surface area contributed by atoms with E-state index in [0.717, 1.165) is 0 Å². The first-order valence-electron chi connectivity index (χ1n) is 9.49. The SMILES string of the molecule is Cc1nc(C(=O)NCc2cc(Br)c(Br)c(Oc3cc(Cl)cc(C#N)c3)c2F)c(Br)[nH]1.O=C(O)C(F)(F)F. The van der Waals surface area contributed by atoms with Crippen molar-refractivity contribution < 1.29 is 37.0 Å². The van der Waals surface area contributed by atoms with E-state index in [2.05, 4.69) is 63.1 Å². The van der Waals surface area contributed by atoms with Crippen LogP contribution in [0.1, 0.15) is 27.4 Å². The van der Waals surface area contributed by atoms with Gasteiger partial charge in [0.25, 0.3) is 5.91 Å². The average molecular weight is 736 g/mol. The smallest absolute Gasteiger partial charge is 0.475 e. The van der Waals surface area contributed by atoms with E-state index in [1.807, 2.05) is 6.07 Å². The molecule has 0 aliphatic carbocycles. The maximum Gasteiger partial charge on any atom is 0.490 e. The molecule has 0 radical (unpaired) electrons. The van der Waals surface area contributed by atoms with E-state index >= 15 is 4.39 Å². The molecule has 8 nitrogen and oxygen atoms in total. The Morgan fingerprint density at radius 3 is 2.38 bits per heavy atom. The number of carbonyl (C=O) groups excluding carboxylic acids is 1. The number of hydrogen-bond donors (Lipinski definition) is 3. The number of amides is 1. The fourth-order valence-electron chi connectivity index (χ4n) is 2.53. The minimum Gasteiger partial charge on any atom is -0.475 e. The van der Waals surface area contributed by atoms with Crippen LogP contribution < -0.4 is 10.1 Å². The molecule has 3 rings (SSSR count). The number of aryl methyl sites for hydroxylation is 1. The number of aliphatic carboxylic acids is 1. The molecule has 1 amide bonds. The quantitative estimate of drug-likeness (QED) is 0.191. The molecule has 16 heteroatoms. The van der Waals surface area contributed by atoms with Crippen molar-refractivity contribution in [3.63, 3.8) is 0 Å². The highest BCUT2D eigenvalue weighted by atomic mass is 79.9. The number of carboxylic acid groups (broad SMARTS) is 1. The van der Waals surface area contributed by atoms with Crippen molar-refractivity contribution >= 4 is 71.3 Å². The molecule has 0 saturated carbocycles. The molecule has 0 spiro atoms. The average Bonchev–Trinajstić information content (AvgIpc) is 3.15. The zero-order chi connectivity index (χ0) is 28.1. The summed E-state index contributed by atoms with van der Waals surface area (Å²) < 4.78 is 53.9. The topological polar surface area (TPSA) is 128 Å². The van der Waals surface area contributed by atoms with Gasteiger partial charge in [0.1, 0.15) is 16.2 Å². The molecule has 0 bridgehead atoms. The Kier molecular flexibility index (Phi) is 10.5. The Bertz CT molecular complexity index is 1390. The summed E-state index contributed by atoms with van der Waals surface area (Å²) >= 11 is 15.8. The number of carboxylic acids is 1. The Balaban J connectivity index is 0.000000604. The number of alkyl halides is 3. The lowest BCUT2D eigenvalue weighted by molar-refractivity contribution is -0.192. The highest BCUT2D eigenvalue weighted by Crippen LogP contribution is 2.40. The summed E-state index contributed by atoms with van der Waals surface area (Å²) in [5.74, 6) is -3.26. The number of imidazole rings is 1. The number of nitrogens with zero attached hydrogens (tertiary/aromatic N) is 2. The van der Waals surface area contributed by atoms with Gasteiger partial charge in [-0.05, 0) is 79.0 Å². The second-order valence-electron chi connectivity index (χ2n) is 6.83. The number of benzene rings is 2. The minimum absolute atomic E-state index is 0.107. The maximum atomic E-state index is 15.2. The molecule has 1 aromatic heterocycles. The van der Waals surface area contributed by atoms with Gasteiger partial charge < -0.3 is 20.1 Å². The van der Waals surface area contributed by atoms with E-state index in [9.17, 15) is 18.0 Å². The predicted molar refractivity (Wildman–Crippen MR) is 134 cm³/mol. The van der Waals surface area contributed by atoms with Gasteiger partial charge in [0.05, 0.1) is 16.1 Å². The van der Waals surface area contributed by atoms with E-state index in [4.69, 9.17) is 31.5 Å². The highest BCUT2D eigenvalue weighted by Gasteiger charge is 2.38. The third-order valence-corrected chi connectivity index (χ3v) is 6.82. The Morgan fingerprint density at radius 2 is 1.86 bits per heavy atom. The zero-order valence-corrected chi connectivity index (χ0v) is 23.6. The number of ether oxygens (including phenoxy) is 1. The summed E-state index contributed by atoms with van der Waals surface area (Å²) in [6.45, 7) is 1.61. The molecule has 196 valence electrons. The lowest BCUT2D eigenvalue weighted by atomic mass is 10.2. The molecule has 1 heterocycles. The van der Waals surface area contributed by atoms with Gasteiger partial charge in [0.2, 0.25) is 0 Å². The van der Waals surface area contributed by atoms with Crippen LogP contribution in [0.4, 0.5) is 17.6 Å². The first-order chi connectivity index (χ1) is 17.1. The minimum atomic E-state index is -5.08. The fraction of sp³-hybridized carbons (Fsp3) is 0.143. The van der Waals surface area contributed by atoms with Gasteiger partial charge in [-0.15, -0.1) is 0 Å². The molecule has 0 aliphatic rings. The number of rotatable bonds is 5. The maximum absolute atomic E-state index is 15.2. The largest absolute Gasteiger partial charge is 0.490 e. The molecular weight excluding hydrogens is 723 g/mol. The van der Waals surface area contributed by atoms with Crippen LogP contribution in [-0.2, 0) is 11.3 Å². The van der Waals surface area contributed by atoms with Crippen LogP contribution in [0.3, 0.4) is 0 Å². The van der Waals surface area contributed by atoms with E-state index in [1.54, 1.807) is 6.92 Å². The van der Waals surface area contributed by atoms with E-state index < -0.39 is 23.9 Å². The van der Waals surface area contributed by atoms with Gasteiger partial charge in [-0.25, -0.2) is 14.2 Å². The van der Waals surface area contributed by atoms with Crippen molar-refractivity contribution in [2.24, 2.45) is 0 Å². The van der Waals surface area contributed by atoms with Gasteiger partial charge in [-0.3, -0.25) is 4.79 Å². The number of carbonyl (C=O) groups is 2. The summed E-state index contributed by atoms with van der Waals surface area (Å²) in [5, 5.41) is 19.1. The van der Waals surface area contributed by atoms with Crippen molar-refractivity contribution in [2.45, 2.75) is 19.6 Å². The van der Waals surface area contributed by atoms with Crippen LogP contribution in [0.5, 0.6) is 11.5 Å². The molecule has 0 saturated heterocycles. The van der Waals surface area contributed by atoms with Crippen LogP contribution in [-0.4, -0.2) is 33.1 Å². The van der Waals surface area contributed by atoms with Crippen LogP contribution >= 0.6 is 59.4 Å². The number of aromatic nitrogens is 2. The van der Waals surface area contributed by atoms with Crippen LogP contribution in [0.25, 0.3) is 0 Å². The summed E-state index contributed by atoms with van der Waals surface area (Å²) in [5.41, 5.74) is 0.624. The summed E-state index contributed by atoms with van der Waals surface area (Å²) in [4.78, 5) is 28.2. The second kappa shape index (κ2) is 12.7. The van der Waals surface area contributed by atoms with Gasteiger partial charge >= 0.3 is 12.1 Å². The summed E-state index contributed by atoms with van der Waals surface area (Å²) in [6, 6.07) is 7.86. The lowest BCUT2D eigenvalue weighted by Crippen LogP contribution is -2.24. The molecule has 0 atom stereocenters. The fourth-order valence-corrected chi connectivity index (χ4v) is 4.13.